The number of ether oxygens (including phenoxy) is 1. The van der Waals surface area contributed by atoms with Crippen LogP contribution in [0.1, 0.15) is 27.9 Å². The predicted molar refractivity (Wildman–Crippen MR) is 61.1 cm³/mol. The molecule has 84 valence electrons. The number of benzene rings is 1. The quantitative estimate of drug-likeness (QED) is 0.194. The monoisotopic (exact) mass is 227 g/mol. The molecule has 0 saturated carbocycles. The van der Waals surface area contributed by atoms with Gasteiger partial charge in [-0.1, -0.05) is 23.0 Å². The Kier molecular flexibility index (Phi) is 3.29. The summed E-state index contributed by atoms with van der Waals surface area (Å²) in [6.45, 7) is 0.704. The van der Waals surface area contributed by atoms with Crippen molar-refractivity contribution in [2.45, 2.75) is 13.0 Å². The summed E-state index contributed by atoms with van der Waals surface area (Å²) >= 11 is 0. The van der Waals surface area contributed by atoms with E-state index in [-0.39, 0.29) is 5.97 Å². The van der Waals surface area contributed by atoms with Gasteiger partial charge in [0.2, 0.25) is 0 Å². The average molecular weight is 227 g/mol. The topological polar surface area (TPSA) is 75.1 Å². The van der Waals surface area contributed by atoms with E-state index in [1.165, 1.54) is 0 Å². The molecule has 0 bridgehead atoms. The number of hydrogen-bond acceptors (Lipinski definition) is 3. The molecule has 0 saturated heterocycles. The van der Waals surface area contributed by atoms with Gasteiger partial charge in [-0.3, -0.25) is 0 Å². The largest absolute Gasteiger partial charge is 0.457 e. The maximum absolute atomic E-state index is 11.3. The Labute approximate surface area is 98.0 Å². The van der Waals surface area contributed by atoms with E-state index < -0.39 is 0 Å². The van der Waals surface area contributed by atoms with Gasteiger partial charge in [0.1, 0.15) is 6.61 Å². The molecular weight excluding hydrogens is 218 g/mol. The molecule has 0 amide bonds. The van der Waals surface area contributed by atoms with E-state index in [2.05, 4.69) is 21.9 Å². The van der Waals surface area contributed by atoms with E-state index in [1.807, 2.05) is 12.1 Å². The van der Waals surface area contributed by atoms with Crippen molar-refractivity contribution in [3.05, 3.63) is 45.3 Å². The van der Waals surface area contributed by atoms with Crippen LogP contribution < -0.4 is 0 Å². The third kappa shape index (κ3) is 2.57. The van der Waals surface area contributed by atoms with Crippen LogP contribution in [0.5, 0.6) is 0 Å². The Hall–Kier alpha value is -2.44. The van der Waals surface area contributed by atoms with Gasteiger partial charge in [0.05, 0.1) is 5.56 Å². The van der Waals surface area contributed by atoms with Crippen LogP contribution in [0.25, 0.3) is 10.4 Å². The maximum Gasteiger partial charge on any atom is 0.338 e. The number of carbonyl (C=O) groups excluding carboxylic acids is 1. The molecule has 0 spiro atoms. The lowest BCUT2D eigenvalue weighted by atomic mass is 10.1. The Morgan fingerprint density at radius 2 is 2.41 bits per heavy atom. The Balaban J connectivity index is 2.10. The highest BCUT2D eigenvalue weighted by Crippen LogP contribution is 2.20. The second-order valence-corrected chi connectivity index (χ2v) is 3.45. The van der Waals surface area contributed by atoms with E-state index in [4.69, 9.17) is 10.3 Å². The van der Waals surface area contributed by atoms with Crippen LogP contribution in [-0.4, -0.2) is 12.5 Å². The van der Waals surface area contributed by atoms with Crippen molar-refractivity contribution in [1.82, 2.24) is 0 Å². The molecule has 1 heterocycles. The van der Waals surface area contributed by atoms with Gasteiger partial charge < -0.3 is 4.74 Å². The van der Waals surface area contributed by atoms with Crippen LogP contribution in [0, 0.1) is 11.8 Å². The number of nitrogens with zero attached hydrogens (tertiary/aromatic N) is 3. The van der Waals surface area contributed by atoms with Crippen LogP contribution in [0.3, 0.4) is 0 Å². The normalized spacial score (nSPS) is 11.9. The summed E-state index contributed by atoms with van der Waals surface area (Å²) in [5.41, 5.74) is 10.3. The molecule has 17 heavy (non-hydrogen) atoms. The number of rotatable bonds is 2. The molecule has 1 aliphatic rings. The molecule has 0 aliphatic carbocycles. The summed E-state index contributed by atoms with van der Waals surface area (Å²) in [6, 6.07) is 5.42. The van der Waals surface area contributed by atoms with Crippen molar-refractivity contribution in [3.8, 4) is 11.8 Å². The molecule has 0 atom stereocenters. The third-order valence-corrected chi connectivity index (χ3v) is 2.32. The molecule has 2 rings (SSSR count). The van der Waals surface area contributed by atoms with Gasteiger partial charge in [0.25, 0.3) is 0 Å². The second kappa shape index (κ2) is 5.06. The number of carbonyl (C=O) groups is 1. The van der Waals surface area contributed by atoms with Gasteiger partial charge >= 0.3 is 5.97 Å². The van der Waals surface area contributed by atoms with Crippen LogP contribution >= 0.6 is 0 Å². The smallest absolute Gasteiger partial charge is 0.338 e. The summed E-state index contributed by atoms with van der Waals surface area (Å²) in [5.74, 6) is 5.49. The molecular formula is C12H9N3O2. The standard InChI is InChI=1S/C12H9N3O2/c13-15-14-6-2-1-3-9-4-5-10-8-17-12(16)11(10)7-9/h4-5,7H,2,6,8H2. The summed E-state index contributed by atoms with van der Waals surface area (Å²) in [7, 11) is 0. The van der Waals surface area contributed by atoms with E-state index in [0.717, 1.165) is 11.1 Å². The van der Waals surface area contributed by atoms with Crippen LogP contribution in [0.4, 0.5) is 0 Å². The molecule has 1 aliphatic heterocycles. The zero-order valence-electron chi connectivity index (χ0n) is 9.01. The van der Waals surface area contributed by atoms with Crippen molar-refractivity contribution in [3.63, 3.8) is 0 Å². The summed E-state index contributed by atoms with van der Waals surface area (Å²) in [5, 5.41) is 3.38. The first-order chi connectivity index (χ1) is 8.31. The summed E-state index contributed by atoms with van der Waals surface area (Å²) < 4.78 is 4.89. The molecule has 0 fully saturated rings. The van der Waals surface area contributed by atoms with Crippen molar-refractivity contribution in [2.75, 3.05) is 6.54 Å². The van der Waals surface area contributed by atoms with E-state index in [9.17, 15) is 4.79 Å². The third-order valence-electron chi connectivity index (χ3n) is 2.32. The van der Waals surface area contributed by atoms with Crippen molar-refractivity contribution < 1.29 is 9.53 Å². The van der Waals surface area contributed by atoms with Crippen molar-refractivity contribution in [1.29, 1.82) is 0 Å². The molecule has 0 aromatic heterocycles. The zero-order valence-corrected chi connectivity index (χ0v) is 9.01. The molecule has 0 unspecified atom stereocenters. The van der Waals surface area contributed by atoms with Crippen LogP contribution in [0.2, 0.25) is 0 Å². The first-order valence-electron chi connectivity index (χ1n) is 5.11. The van der Waals surface area contributed by atoms with E-state index >= 15 is 0 Å². The SMILES string of the molecule is [N-]=[N+]=NCCC#Cc1ccc2c(c1)C(=O)OC2. The Morgan fingerprint density at radius 1 is 1.53 bits per heavy atom. The van der Waals surface area contributed by atoms with Gasteiger partial charge in [0, 0.05) is 29.0 Å². The molecule has 1 aromatic rings. The van der Waals surface area contributed by atoms with Crippen LogP contribution in [0.15, 0.2) is 23.3 Å². The predicted octanol–water partition coefficient (Wildman–Crippen LogP) is 2.41. The number of hydrogen-bond donors (Lipinski definition) is 0. The minimum absolute atomic E-state index is 0.294. The van der Waals surface area contributed by atoms with Gasteiger partial charge in [0.15, 0.2) is 0 Å². The highest BCUT2D eigenvalue weighted by atomic mass is 16.5. The molecule has 5 heteroatoms. The maximum atomic E-state index is 11.3. The number of fused-ring (bicyclic) bond motifs is 1. The minimum atomic E-state index is -0.294. The van der Waals surface area contributed by atoms with E-state index in [1.54, 1.807) is 6.07 Å². The highest BCUT2D eigenvalue weighted by molar-refractivity contribution is 5.93. The van der Waals surface area contributed by atoms with Crippen molar-refractivity contribution in [2.24, 2.45) is 5.11 Å². The Bertz CT molecular complexity index is 563. The lowest BCUT2D eigenvalue weighted by Gasteiger charge is -1.94. The first-order valence-corrected chi connectivity index (χ1v) is 5.11. The number of esters is 1. The number of azide groups is 1. The second-order valence-electron chi connectivity index (χ2n) is 3.45. The van der Waals surface area contributed by atoms with Gasteiger partial charge in [-0.05, 0) is 17.7 Å². The fourth-order valence-electron chi connectivity index (χ4n) is 1.51. The number of cyclic esters (lactones) is 1. The fraction of sp³-hybridized carbons (Fsp3) is 0.250. The van der Waals surface area contributed by atoms with Crippen molar-refractivity contribution >= 4 is 5.97 Å². The minimum Gasteiger partial charge on any atom is -0.457 e. The molecule has 5 nitrogen and oxygen atoms in total. The summed E-state index contributed by atoms with van der Waals surface area (Å²) in [6.07, 6.45) is 0.506. The highest BCUT2D eigenvalue weighted by Gasteiger charge is 2.20. The Morgan fingerprint density at radius 3 is 3.24 bits per heavy atom. The first kappa shape index (κ1) is 11.1. The molecule has 0 N–H and O–H groups in total. The molecule has 1 aromatic carbocycles. The molecule has 0 radical (unpaired) electrons. The van der Waals surface area contributed by atoms with Crippen LogP contribution in [-0.2, 0) is 11.3 Å². The van der Waals surface area contributed by atoms with Gasteiger partial charge in [-0.25, -0.2) is 4.79 Å². The van der Waals surface area contributed by atoms with Gasteiger partial charge in [-0.2, -0.15) is 0 Å². The lowest BCUT2D eigenvalue weighted by molar-refractivity contribution is 0.0535. The average Bonchev–Trinajstić information content (AvgIpc) is 2.71. The lowest BCUT2D eigenvalue weighted by Crippen LogP contribution is -1.93. The van der Waals surface area contributed by atoms with E-state index in [0.29, 0.717) is 25.1 Å². The fourth-order valence-corrected chi connectivity index (χ4v) is 1.51. The van der Waals surface area contributed by atoms with Gasteiger partial charge in [-0.15, -0.1) is 0 Å². The zero-order chi connectivity index (χ0) is 12.1. The summed E-state index contributed by atoms with van der Waals surface area (Å²) in [4.78, 5) is 13.9.